The topological polar surface area (TPSA) is 51.8 Å². The largest absolute Gasteiger partial charge is 0.416 e. The van der Waals surface area contributed by atoms with Crippen LogP contribution in [0.5, 0.6) is 0 Å². The van der Waals surface area contributed by atoms with Crippen LogP contribution >= 0.6 is 0 Å². The van der Waals surface area contributed by atoms with Gasteiger partial charge in [-0.15, -0.1) is 0 Å². The Bertz CT molecular complexity index is 798. The minimum atomic E-state index is -4.42. The molecule has 0 radical (unpaired) electrons. The molecule has 2 aromatic carbocycles. The van der Waals surface area contributed by atoms with Gasteiger partial charge in [-0.1, -0.05) is 36.4 Å². The number of halogens is 3. The fourth-order valence-corrected chi connectivity index (χ4v) is 2.14. The standard InChI is InChI=1S/C15H10F3N3/c16-15(17,18)10-6-7-11-12(8-10)20-14(19)21-13(11)9-4-2-1-3-5-9/h1-8H,(H2,19,20,21). The van der Waals surface area contributed by atoms with Crippen LogP contribution in [0, 0.1) is 0 Å². The second kappa shape index (κ2) is 4.73. The van der Waals surface area contributed by atoms with Crippen molar-refractivity contribution in [2.75, 3.05) is 5.73 Å². The normalized spacial score (nSPS) is 11.8. The van der Waals surface area contributed by atoms with Crippen LogP contribution in [0.1, 0.15) is 5.56 Å². The van der Waals surface area contributed by atoms with E-state index in [1.807, 2.05) is 30.3 Å². The third-order valence-electron chi connectivity index (χ3n) is 3.09. The SMILES string of the molecule is Nc1nc(-c2ccccc2)c2ccc(C(F)(F)F)cc2n1. The molecule has 0 atom stereocenters. The maximum atomic E-state index is 12.8. The van der Waals surface area contributed by atoms with E-state index in [0.29, 0.717) is 11.1 Å². The van der Waals surface area contributed by atoms with E-state index >= 15 is 0 Å². The molecule has 0 unspecified atom stereocenters. The Morgan fingerprint density at radius 1 is 0.905 bits per heavy atom. The number of alkyl halides is 3. The van der Waals surface area contributed by atoms with Crippen LogP contribution in [0.4, 0.5) is 19.1 Å². The molecular weight excluding hydrogens is 279 g/mol. The van der Waals surface area contributed by atoms with Crippen LogP contribution in [0.2, 0.25) is 0 Å². The Morgan fingerprint density at radius 2 is 1.62 bits per heavy atom. The van der Waals surface area contributed by atoms with Crippen molar-refractivity contribution in [2.24, 2.45) is 0 Å². The number of aromatic nitrogens is 2. The van der Waals surface area contributed by atoms with Gasteiger partial charge in [0.2, 0.25) is 5.95 Å². The van der Waals surface area contributed by atoms with E-state index < -0.39 is 11.7 Å². The van der Waals surface area contributed by atoms with Crippen molar-refractivity contribution in [1.82, 2.24) is 9.97 Å². The number of fused-ring (bicyclic) bond motifs is 1. The highest BCUT2D eigenvalue weighted by Crippen LogP contribution is 2.33. The van der Waals surface area contributed by atoms with Crippen LogP contribution in [0.25, 0.3) is 22.2 Å². The molecule has 3 aromatic rings. The van der Waals surface area contributed by atoms with Gasteiger partial charge in [-0.2, -0.15) is 13.2 Å². The van der Waals surface area contributed by atoms with Gasteiger partial charge in [-0.3, -0.25) is 0 Å². The number of hydrogen-bond acceptors (Lipinski definition) is 3. The lowest BCUT2D eigenvalue weighted by Gasteiger charge is -2.10. The smallest absolute Gasteiger partial charge is 0.368 e. The van der Waals surface area contributed by atoms with Crippen LogP contribution in [-0.4, -0.2) is 9.97 Å². The first-order valence-corrected chi connectivity index (χ1v) is 6.15. The van der Waals surface area contributed by atoms with Crippen molar-refractivity contribution in [1.29, 1.82) is 0 Å². The second-order valence-corrected chi connectivity index (χ2v) is 4.53. The van der Waals surface area contributed by atoms with E-state index in [1.165, 1.54) is 6.07 Å². The molecule has 2 N–H and O–H groups in total. The number of benzene rings is 2. The minimum absolute atomic E-state index is 0.0549. The lowest BCUT2D eigenvalue weighted by atomic mass is 10.0. The zero-order chi connectivity index (χ0) is 15.0. The molecule has 106 valence electrons. The summed E-state index contributed by atoms with van der Waals surface area (Å²) in [6, 6.07) is 12.5. The molecule has 0 amide bonds. The van der Waals surface area contributed by atoms with E-state index in [1.54, 1.807) is 0 Å². The monoisotopic (exact) mass is 289 g/mol. The number of anilines is 1. The first-order chi connectivity index (χ1) is 9.95. The van der Waals surface area contributed by atoms with Crippen LogP contribution < -0.4 is 5.73 Å². The van der Waals surface area contributed by atoms with Crippen LogP contribution in [0.3, 0.4) is 0 Å². The Labute approximate surface area is 118 Å². The predicted octanol–water partition coefficient (Wildman–Crippen LogP) is 3.90. The number of nitrogens with two attached hydrogens (primary N) is 1. The molecule has 0 saturated heterocycles. The number of nitrogens with zero attached hydrogens (tertiary/aromatic N) is 2. The van der Waals surface area contributed by atoms with Gasteiger partial charge in [0.15, 0.2) is 0 Å². The van der Waals surface area contributed by atoms with Crippen molar-refractivity contribution in [2.45, 2.75) is 6.18 Å². The van der Waals surface area contributed by atoms with Gasteiger partial charge in [-0.25, -0.2) is 9.97 Å². The molecule has 0 aliphatic heterocycles. The number of hydrogen-bond donors (Lipinski definition) is 1. The summed E-state index contributed by atoms with van der Waals surface area (Å²) in [7, 11) is 0. The van der Waals surface area contributed by atoms with E-state index in [9.17, 15) is 13.2 Å². The van der Waals surface area contributed by atoms with Gasteiger partial charge in [0.25, 0.3) is 0 Å². The molecule has 0 fully saturated rings. The maximum Gasteiger partial charge on any atom is 0.416 e. The van der Waals surface area contributed by atoms with Crippen molar-refractivity contribution in [3.05, 3.63) is 54.1 Å². The van der Waals surface area contributed by atoms with E-state index in [0.717, 1.165) is 17.7 Å². The summed E-state index contributed by atoms with van der Waals surface area (Å²) >= 11 is 0. The molecule has 1 heterocycles. The first kappa shape index (κ1) is 13.4. The zero-order valence-corrected chi connectivity index (χ0v) is 10.7. The Hall–Kier alpha value is -2.63. The number of nitrogen functional groups attached to an aromatic ring is 1. The molecule has 3 nitrogen and oxygen atoms in total. The average molecular weight is 289 g/mol. The molecule has 0 aliphatic carbocycles. The molecule has 6 heteroatoms. The third kappa shape index (κ3) is 2.52. The Kier molecular flexibility index (Phi) is 3.01. The van der Waals surface area contributed by atoms with E-state index in [2.05, 4.69) is 9.97 Å². The quantitative estimate of drug-likeness (QED) is 0.739. The van der Waals surface area contributed by atoms with Gasteiger partial charge in [0.05, 0.1) is 16.8 Å². The molecule has 0 spiro atoms. The van der Waals surface area contributed by atoms with Crippen LogP contribution in [-0.2, 0) is 6.18 Å². The molecule has 0 aliphatic rings. The molecule has 21 heavy (non-hydrogen) atoms. The second-order valence-electron chi connectivity index (χ2n) is 4.53. The minimum Gasteiger partial charge on any atom is -0.368 e. The highest BCUT2D eigenvalue weighted by molar-refractivity contribution is 5.93. The summed E-state index contributed by atoms with van der Waals surface area (Å²) in [6.45, 7) is 0. The lowest BCUT2D eigenvalue weighted by molar-refractivity contribution is -0.137. The maximum absolute atomic E-state index is 12.8. The van der Waals surface area contributed by atoms with E-state index in [4.69, 9.17) is 5.73 Å². The summed E-state index contributed by atoms with van der Waals surface area (Å²) in [5.41, 5.74) is 6.33. The summed E-state index contributed by atoms with van der Waals surface area (Å²) < 4.78 is 38.3. The van der Waals surface area contributed by atoms with Crippen molar-refractivity contribution >= 4 is 16.9 Å². The Morgan fingerprint density at radius 3 is 2.29 bits per heavy atom. The first-order valence-electron chi connectivity index (χ1n) is 6.15. The highest BCUT2D eigenvalue weighted by atomic mass is 19.4. The van der Waals surface area contributed by atoms with Gasteiger partial charge in [0, 0.05) is 10.9 Å². The van der Waals surface area contributed by atoms with Crippen molar-refractivity contribution < 1.29 is 13.2 Å². The van der Waals surface area contributed by atoms with Crippen LogP contribution in [0.15, 0.2) is 48.5 Å². The molecule has 3 rings (SSSR count). The van der Waals surface area contributed by atoms with Gasteiger partial charge in [-0.05, 0) is 12.1 Å². The lowest BCUT2D eigenvalue weighted by Crippen LogP contribution is -2.05. The molecule has 0 saturated carbocycles. The third-order valence-corrected chi connectivity index (χ3v) is 3.09. The fraction of sp³-hybridized carbons (Fsp3) is 0.0667. The summed E-state index contributed by atoms with van der Waals surface area (Å²) in [5.74, 6) is -0.0549. The van der Waals surface area contributed by atoms with Crippen molar-refractivity contribution in [3.63, 3.8) is 0 Å². The predicted molar refractivity (Wildman–Crippen MR) is 74.4 cm³/mol. The highest BCUT2D eigenvalue weighted by Gasteiger charge is 2.30. The van der Waals surface area contributed by atoms with Gasteiger partial charge in [0.1, 0.15) is 0 Å². The van der Waals surface area contributed by atoms with E-state index in [-0.39, 0.29) is 11.5 Å². The molecule has 1 aromatic heterocycles. The van der Waals surface area contributed by atoms with Crippen molar-refractivity contribution in [3.8, 4) is 11.3 Å². The average Bonchev–Trinajstić information content (AvgIpc) is 2.45. The van der Waals surface area contributed by atoms with Gasteiger partial charge < -0.3 is 5.73 Å². The summed E-state index contributed by atoms with van der Waals surface area (Å²) in [4.78, 5) is 8.05. The molecular formula is C15H10F3N3. The molecule has 0 bridgehead atoms. The zero-order valence-electron chi connectivity index (χ0n) is 10.7. The number of rotatable bonds is 1. The summed E-state index contributed by atoms with van der Waals surface area (Å²) in [6.07, 6.45) is -4.42. The summed E-state index contributed by atoms with van der Waals surface area (Å²) in [5, 5.41) is 0.531. The van der Waals surface area contributed by atoms with Gasteiger partial charge >= 0.3 is 6.18 Å². The fourth-order valence-electron chi connectivity index (χ4n) is 2.14. The Balaban J connectivity index is 2.28.